The molecule has 2 aliphatic heterocycles. The summed E-state index contributed by atoms with van der Waals surface area (Å²) in [6.07, 6.45) is 2.05. The quantitative estimate of drug-likeness (QED) is 0.760. The summed E-state index contributed by atoms with van der Waals surface area (Å²) in [5, 5.41) is 0. The SMILES string of the molecule is CC1Cc2ccccc2N1C(=O)C1CCSC1. The van der Waals surface area contributed by atoms with Crippen molar-refractivity contribution in [2.24, 2.45) is 5.92 Å². The maximum absolute atomic E-state index is 12.5. The molecule has 3 rings (SSSR count). The molecule has 1 fully saturated rings. The molecule has 17 heavy (non-hydrogen) atoms. The molecule has 3 heteroatoms. The van der Waals surface area contributed by atoms with Crippen LogP contribution in [0.5, 0.6) is 0 Å². The maximum Gasteiger partial charge on any atom is 0.231 e. The first-order valence-electron chi connectivity index (χ1n) is 6.26. The minimum Gasteiger partial charge on any atom is -0.309 e. The highest BCUT2D eigenvalue weighted by molar-refractivity contribution is 7.99. The predicted octanol–water partition coefficient (Wildman–Crippen LogP) is 2.72. The van der Waals surface area contributed by atoms with Crippen molar-refractivity contribution < 1.29 is 4.79 Å². The third kappa shape index (κ3) is 1.86. The van der Waals surface area contributed by atoms with E-state index in [1.54, 1.807) is 0 Å². The minimum atomic E-state index is 0.244. The van der Waals surface area contributed by atoms with Gasteiger partial charge >= 0.3 is 0 Å². The zero-order chi connectivity index (χ0) is 11.8. The molecule has 0 spiro atoms. The summed E-state index contributed by atoms with van der Waals surface area (Å²) in [6.45, 7) is 2.15. The van der Waals surface area contributed by atoms with Crippen LogP contribution < -0.4 is 4.90 Å². The second-order valence-electron chi connectivity index (χ2n) is 4.95. The van der Waals surface area contributed by atoms with Gasteiger partial charge in [0.25, 0.3) is 0 Å². The molecule has 1 amide bonds. The number of nitrogens with zero attached hydrogens (tertiary/aromatic N) is 1. The lowest BCUT2D eigenvalue weighted by Gasteiger charge is -2.25. The summed E-state index contributed by atoms with van der Waals surface area (Å²) in [7, 11) is 0. The Morgan fingerprint density at radius 2 is 2.24 bits per heavy atom. The fourth-order valence-corrected chi connectivity index (χ4v) is 4.04. The van der Waals surface area contributed by atoms with Crippen LogP contribution in [-0.2, 0) is 11.2 Å². The topological polar surface area (TPSA) is 20.3 Å². The standard InChI is InChI=1S/C14H17NOS/c1-10-8-11-4-2-3-5-13(11)15(10)14(16)12-6-7-17-9-12/h2-5,10,12H,6-9H2,1H3. The molecule has 0 bridgehead atoms. The fourth-order valence-electron chi connectivity index (χ4n) is 2.83. The summed E-state index contributed by atoms with van der Waals surface area (Å²) in [6, 6.07) is 8.64. The lowest BCUT2D eigenvalue weighted by atomic mass is 10.1. The molecule has 0 saturated carbocycles. The molecule has 2 aliphatic rings. The zero-order valence-corrected chi connectivity index (χ0v) is 10.9. The van der Waals surface area contributed by atoms with E-state index in [0.29, 0.717) is 11.9 Å². The van der Waals surface area contributed by atoms with Gasteiger partial charge in [-0.1, -0.05) is 18.2 Å². The van der Waals surface area contributed by atoms with Crippen molar-refractivity contribution >= 4 is 23.4 Å². The van der Waals surface area contributed by atoms with Gasteiger partial charge in [-0.15, -0.1) is 0 Å². The highest BCUT2D eigenvalue weighted by Gasteiger charge is 2.35. The van der Waals surface area contributed by atoms with Gasteiger partial charge in [-0.2, -0.15) is 11.8 Å². The average Bonchev–Trinajstić information content (AvgIpc) is 2.94. The molecule has 2 nitrogen and oxygen atoms in total. The van der Waals surface area contributed by atoms with Crippen molar-refractivity contribution in [3.8, 4) is 0 Å². The second-order valence-corrected chi connectivity index (χ2v) is 6.10. The van der Waals surface area contributed by atoms with E-state index in [9.17, 15) is 4.79 Å². The molecular formula is C14H17NOS. The smallest absolute Gasteiger partial charge is 0.231 e. The first kappa shape index (κ1) is 11.1. The molecule has 2 heterocycles. The van der Waals surface area contributed by atoms with E-state index in [-0.39, 0.29) is 5.92 Å². The molecule has 1 aromatic rings. The molecular weight excluding hydrogens is 230 g/mol. The largest absolute Gasteiger partial charge is 0.309 e. The summed E-state index contributed by atoms with van der Waals surface area (Å²) < 4.78 is 0. The number of rotatable bonds is 1. The Hall–Kier alpha value is -0.960. The second kappa shape index (κ2) is 4.37. The van der Waals surface area contributed by atoms with E-state index in [1.165, 1.54) is 5.56 Å². The van der Waals surface area contributed by atoms with Crippen molar-refractivity contribution in [2.75, 3.05) is 16.4 Å². The molecule has 90 valence electrons. The van der Waals surface area contributed by atoms with E-state index < -0.39 is 0 Å². The Labute approximate surface area is 106 Å². The third-order valence-corrected chi connectivity index (χ3v) is 4.89. The van der Waals surface area contributed by atoms with Gasteiger partial charge in [0.15, 0.2) is 0 Å². The first-order valence-corrected chi connectivity index (χ1v) is 7.41. The summed E-state index contributed by atoms with van der Waals surface area (Å²) in [4.78, 5) is 14.6. The Bertz CT molecular complexity index is 440. The van der Waals surface area contributed by atoms with Gasteiger partial charge in [0, 0.05) is 23.4 Å². The van der Waals surface area contributed by atoms with E-state index in [0.717, 1.165) is 30.0 Å². The first-order chi connectivity index (χ1) is 8.27. The normalized spacial score (nSPS) is 27.2. The van der Waals surface area contributed by atoms with Crippen LogP contribution in [-0.4, -0.2) is 23.5 Å². The van der Waals surface area contributed by atoms with Crippen molar-refractivity contribution in [2.45, 2.75) is 25.8 Å². The number of benzene rings is 1. The molecule has 0 N–H and O–H groups in total. The minimum absolute atomic E-state index is 0.244. The van der Waals surface area contributed by atoms with E-state index in [1.807, 2.05) is 22.7 Å². The highest BCUT2D eigenvalue weighted by atomic mass is 32.2. The number of carbonyl (C=O) groups is 1. The molecule has 0 aromatic heterocycles. The van der Waals surface area contributed by atoms with E-state index >= 15 is 0 Å². The number of thioether (sulfide) groups is 1. The van der Waals surface area contributed by atoms with Gasteiger partial charge in [0.2, 0.25) is 5.91 Å². The van der Waals surface area contributed by atoms with Crippen molar-refractivity contribution in [1.82, 2.24) is 0 Å². The van der Waals surface area contributed by atoms with Crippen LogP contribution in [0.15, 0.2) is 24.3 Å². The van der Waals surface area contributed by atoms with Crippen molar-refractivity contribution in [1.29, 1.82) is 0 Å². The van der Waals surface area contributed by atoms with Crippen molar-refractivity contribution in [3.63, 3.8) is 0 Å². The Morgan fingerprint density at radius 3 is 3.00 bits per heavy atom. The van der Waals surface area contributed by atoms with Gasteiger partial charge in [-0.05, 0) is 37.1 Å². The Kier molecular flexibility index (Phi) is 2.87. The number of anilines is 1. The summed E-state index contributed by atoms with van der Waals surface area (Å²) in [5.74, 6) is 2.73. The summed E-state index contributed by atoms with van der Waals surface area (Å²) in [5.41, 5.74) is 2.46. The highest BCUT2D eigenvalue weighted by Crippen LogP contribution is 2.35. The monoisotopic (exact) mass is 247 g/mol. The van der Waals surface area contributed by atoms with Gasteiger partial charge in [-0.25, -0.2) is 0 Å². The van der Waals surface area contributed by atoms with E-state index in [4.69, 9.17) is 0 Å². The lowest BCUT2D eigenvalue weighted by Crippen LogP contribution is -2.40. The van der Waals surface area contributed by atoms with Gasteiger partial charge in [-0.3, -0.25) is 4.79 Å². The maximum atomic E-state index is 12.5. The van der Waals surface area contributed by atoms with Crippen LogP contribution in [0.3, 0.4) is 0 Å². The molecule has 0 radical (unpaired) electrons. The van der Waals surface area contributed by atoms with Gasteiger partial charge < -0.3 is 4.90 Å². The molecule has 2 unspecified atom stereocenters. The molecule has 1 aromatic carbocycles. The van der Waals surface area contributed by atoms with Crippen LogP contribution in [0.25, 0.3) is 0 Å². The average molecular weight is 247 g/mol. The van der Waals surface area contributed by atoms with Gasteiger partial charge in [0.05, 0.1) is 0 Å². The number of hydrogen-bond donors (Lipinski definition) is 0. The lowest BCUT2D eigenvalue weighted by molar-refractivity contribution is -0.121. The Balaban J connectivity index is 1.89. The van der Waals surface area contributed by atoms with Gasteiger partial charge in [0.1, 0.15) is 0 Å². The third-order valence-electron chi connectivity index (χ3n) is 3.72. The Morgan fingerprint density at radius 1 is 1.41 bits per heavy atom. The van der Waals surface area contributed by atoms with Crippen LogP contribution in [0.2, 0.25) is 0 Å². The van der Waals surface area contributed by atoms with Crippen LogP contribution in [0.4, 0.5) is 5.69 Å². The fraction of sp³-hybridized carbons (Fsp3) is 0.500. The number of fused-ring (bicyclic) bond motifs is 1. The van der Waals surface area contributed by atoms with E-state index in [2.05, 4.69) is 25.1 Å². The zero-order valence-electron chi connectivity index (χ0n) is 10.1. The number of carbonyl (C=O) groups excluding carboxylic acids is 1. The van der Waals surface area contributed by atoms with Crippen LogP contribution >= 0.6 is 11.8 Å². The number of hydrogen-bond acceptors (Lipinski definition) is 2. The number of para-hydroxylation sites is 1. The van der Waals surface area contributed by atoms with Crippen molar-refractivity contribution in [3.05, 3.63) is 29.8 Å². The van der Waals surface area contributed by atoms with Crippen LogP contribution in [0.1, 0.15) is 18.9 Å². The van der Waals surface area contributed by atoms with Crippen LogP contribution in [0, 0.1) is 5.92 Å². The molecule has 0 aliphatic carbocycles. The molecule has 2 atom stereocenters. The number of amides is 1. The summed E-state index contributed by atoms with van der Waals surface area (Å²) >= 11 is 1.90. The predicted molar refractivity (Wildman–Crippen MR) is 72.5 cm³/mol. The molecule has 1 saturated heterocycles.